The Balaban J connectivity index is 2.33. The highest BCUT2D eigenvalue weighted by Gasteiger charge is 2.48. The number of ether oxygens (including phenoxy) is 4. The number of carbonyl (C=O) groups is 1. The molecule has 0 saturated carbocycles. The lowest BCUT2D eigenvalue weighted by Gasteiger charge is -2.38. The van der Waals surface area contributed by atoms with Crippen molar-refractivity contribution < 1.29 is 23.7 Å². The summed E-state index contributed by atoms with van der Waals surface area (Å²) in [6, 6.07) is 11.0. The van der Waals surface area contributed by atoms with Crippen molar-refractivity contribution in [2.24, 2.45) is 5.73 Å². The molecule has 2 unspecified atom stereocenters. The summed E-state index contributed by atoms with van der Waals surface area (Å²) >= 11 is 0. The van der Waals surface area contributed by atoms with Gasteiger partial charge < -0.3 is 24.7 Å². The molecule has 2 aromatic rings. The number of hydrogen-bond acceptors (Lipinski definition) is 5. The third kappa shape index (κ3) is 3.20. The summed E-state index contributed by atoms with van der Waals surface area (Å²) in [5.74, 6) is 1.14. The van der Waals surface area contributed by atoms with Gasteiger partial charge in [0.2, 0.25) is 5.91 Å². The number of methoxy groups -OCH3 is 4. The van der Waals surface area contributed by atoms with Gasteiger partial charge in [-0.25, -0.2) is 0 Å². The molecule has 0 spiro atoms. The van der Waals surface area contributed by atoms with Crippen LogP contribution in [0.25, 0.3) is 0 Å². The van der Waals surface area contributed by atoms with E-state index < -0.39 is 17.2 Å². The van der Waals surface area contributed by atoms with Crippen molar-refractivity contribution in [3.05, 3.63) is 71.8 Å². The third-order valence-electron chi connectivity index (χ3n) is 5.29. The van der Waals surface area contributed by atoms with Crippen LogP contribution in [0.2, 0.25) is 0 Å². The van der Waals surface area contributed by atoms with Crippen molar-refractivity contribution in [1.82, 2.24) is 0 Å². The number of hydrogen-bond donors (Lipinski definition) is 1. The predicted octanol–water partition coefficient (Wildman–Crippen LogP) is 3.35. The highest BCUT2D eigenvalue weighted by atomic mass is 16.5. The van der Waals surface area contributed by atoms with Crippen molar-refractivity contribution in [1.29, 1.82) is 0 Å². The van der Waals surface area contributed by atoms with E-state index in [9.17, 15) is 4.79 Å². The van der Waals surface area contributed by atoms with Gasteiger partial charge in [0.25, 0.3) is 0 Å². The maximum Gasteiger partial charge on any atom is 0.233 e. The van der Waals surface area contributed by atoms with Gasteiger partial charge in [0.1, 0.15) is 5.41 Å². The van der Waals surface area contributed by atoms with E-state index in [1.54, 1.807) is 40.6 Å². The normalized spacial score (nSPS) is 20.2. The number of carbonyl (C=O) groups excluding carboxylic acids is 1. The van der Waals surface area contributed by atoms with Crippen LogP contribution in [0.5, 0.6) is 23.0 Å². The smallest absolute Gasteiger partial charge is 0.233 e. The summed E-state index contributed by atoms with van der Waals surface area (Å²) in [6.45, 7) is 0. The third-order valence-corrected chi connectivity index (χ3v) is 5.29. The first-order valence-electron chi connectivity index (χ1n) is 9.13. The topological polar surface area (TPSA) is 80.0 Å². The fourth-order valence-electron chi connectivity index (χ4n) is 3.98. The van der Waals surface area contributed by atoms with Gasteiger partial charge in [0.15, 0.2) is 23.0 Å². The van der Waals surface area contributed by atoms with Crippen molar-refractivity contribution in [3.63, 3.8) is 0 Å². The van der Waals surface area contributed by atoms with E-state index in [0.717, 1.165) is 5.56 Å². The van der Waals surface area contributed by atoms with Crippen LogP contribution in [0, 0.1) is 0 Å². The zero-order valence-corrected chi connectivity index (χ0v) is 17.0. The van der Waals surface area contributed by atoms with Gasteiger partial charge in [-0.1, -0.05) is 48.6 Å². The Morgan fingerprint density at radius 3 is 2.07 bits per heavy atom. The fourth-order valence-corrected chi connectivity index (χ4v) is 3.98. The van der Waals surface area contributed by atoms with E-state index in [4.69, 9.17) is 24.7 Å². The molecule has 0 heterocycles. The number of allylic oxidation sites excluding steroid dienone is 3. The van der Waals surface area contributed by atoms with E-state index in [0.29, 0.717) is 28.6 Å². The molecule has 3 rings (SSSR count). The average Bonchev–Trinajstić information content (AvgIpc) is 2.77. The summed E-state index contributed by atoms with van der Waals surface area (Å²) in [5.41, 5.74) is 6.22. The van der Waals surface area contributed by atoms with Gasteiger partial charge in [0.05, 0.1) is 28.4 Å². The molecule has 0 bridgehead atoms. The standard InChI is InChI=1S/C23H25NO5/c1-26-18-12-7-9-15(20(18)28-3)16-10-5-6-14-23(16,22(24)25)17-11-8-13-19(27-2)21(17)29-4/h5-14,16H,1-4H3,(H2,24,25). The minimum absolute atomic E-state index is 0.448. The number of para-hydroxylation sites is 2. The molecule has 29 heavy (non-hydrogen) atoms. The Kier molecular flexibility index (Phi) is 5.82. The molecule has 2 atom stereocenters. The van der Waals surface area contributed by atoms with Crippen LogP contribution in [0.4, 0.5) is 0 Å². The molecule has 0 fully saturated rings. The van der Waals surface area contributed by atoms with E-state index in [-0.39, 0.29) is 0 Å². The molecule has 0 radical (unpaired) electrons. The molecule has 1 aliphatic rings. The first kappa shape index (κ1) is 20.3. The fraction of sp³-hybridized carbons (Fsp3) is 0.261. The van der Waals surface area contributed by atoms with Gasteiger partial charge in [-0.2, -0.15) is 0 Å². The van der Waals surface area contributed by atoms with Crippen LogP contribution in [0.1, 0.15) is 17.0 Å². The van der Waals surface area contributed by atoms with E-state index in [1.807, 2.05) is 48.6 Å². The Labute approximate surface area is 170 Å². The first-order chi connectivity index (χ1) is 14.0. The number of nitrogens with two attached hydrogens (primary N) is 1. The quantitative estimate of drug-likeness (QED) is 0.778. The van der Waals surface area contributed by atoms with Gasteiger partial charge in [-0.3, -0.25) is 4.79 Å². The minimum atomic E-state index is -1.21. The molecule has 2 aromatic carbocycles. The van der Waals surface area contributed by atoms with Crippen LogP contribution in [-0.4, -0.2) is 34.3 Å². The molecular weight excluding hydrogens is 370 g/mol. The van der Waals surface area contributed by atoms with Crippen LogP contribution < -0.4 is 24.7 Å². The summed E-state index contributed by atoms with van der Waals surface area (Å²) < 4.78 is 22.2. The number of benzene rings is 2. The molecule has 6 heteroatoms. The summed E-state index contributed by atoms with van der Waals surface area (Å²) in [6.07, 6.45) is 7.43. The average molecular weight is 395 g/mol. The second kappa shape index (κ2) is 8.31. The molecule has 1 aliphatic carbocycles. The minimum Gasteiger partial charge on any atom is -0.493 e. The molecular formula is C23H25NO5. The lowest BCUT2D eigenvalue weighted by atomic mass is 9.64. The highest BCUT2D eigenvalue weighted by molar-refractivity contribution is 5.93. The summed E-state index contributed by atoms with van der Waals surface area (Å²) in [4.78, 5) is 13.1. The van der Waals surface area contributed by atoms with Crippen LogP contribution in [-0.2, 0) is 10.2 Å². The van der Waals surface area contributed by atoms with Gasteiger partial charge in [0, 0.05) is 17.0 Å². The van der Waals surface area contributed by atoms with E-state index >= 15 is 0 Å². The summed E-state index contributed by atoms with van der Waals surface area (Å²) in [7, 11) is 6.24. The largest absolute Gasteiger partial charge is 0.493 e. The number of amides is 1. The van der Waals surface area contributed by atoms with Crippen LogP contribution >= 0.6 is 0 Å². The molecule has 0 aliphatic heterocycles. The lowest BCUT2D eigenvalue weighted by Crippen LogP contribution is -2.45. The molecule has 6 nitrogen and oxygen atoms in total. The molecule has 1 amide bonds. The van der Waals surface area contributed by atoms with Gasteiger partial charge in [-0.05, 0) is 12.1 Å². The second-order valence-electron chi connectivity index (χ2n) is 6.58. The first-order valence-corrected chi connectivity index (χ1v) is 9.13. The molecule has 0 aromatic heterocycles. The van der Waals surface area contributed by atoms with Crippen molar-refractivity contribution in [2.75, 3.05) is 28.4 Å². The molecule has 0 saturated heterocycles. The van der Waals surface area contributed by atoms with Crippen LogP contribution in [0.3, 0.4) is 0 Å². The van der Waals surface area contributed by atoms with Gasteiger partial charge in [-0.15, -0.1) is 0 Å². The maximum absolute atomic E-state index is 13.1. The predicted molar refractivity (Wildman–Crippen MR) is 111 cm³/mol. The van der Waals surface area contributed by atoms with E-state index in [1.165, 1.54) is 0 Å². The number of primary amides is 1. The Morgan fingerprint density at radius 1 is 0.862 bits per heavy atom. The Morgan fingerprint density at radius 2 is 1.48 bits per heavy atom. The van der Waals surface area contributed by atoms with Crippen LogP contribution in [0.15, 0.2) is 60.7 Å². The molecule has 152 valence electrons. The zero-order chi connectivity index (χ0) is 21.0. The number of rotatable bonds is 7. The molecule has 2 N–H and O–H groups in total. The Bertz CT molecular complexity index is 966. The van der Waals surface area contributed by atoms with Crippen molar-refractivity contribution in [2.45, 2.75) is 11.3 Å². The summed E-state index contributed by atoms with van der Waals surface area (Å²) in [5, 5.41) is 0. The van der Waals surface area contributed by atoms with Gasteiger partial charge >= 0.3 is 0 Å². The van der Waals surface area contributed by atoms with E-state index in [2.05, 4.69) is 0 Å². The van der Waals surface area contributed by atoms with Crippen molar-refractivity contribution >= 4 is 5.91 Å². The zero-order valence-electron chi connectivity index (χ0n) is 17.0. The highest BCUT2D eigenvalue weighted by Crippen LogP contribution is 2.51. The second-order valence-corrected chi connectivity index (χ2v) is 6.58. The lowest BCUT2D eigenvalue weighted by molar-refractivity contribution is -0.122. The SMILES string of the molecule is COc1cccc(C2C=CC=CC2(C(N)=O)c2cccc(OC)c2OC)c1OC. The monoisotopic (exact) mass is 395 g/mol. The van der Waals surface area contributed by atoms with Crippen molar-refractivity contribution in [3.8, 4) is 23.0 Å². The maximum atomic E-state index is 13.1. The Hall–Kier alpha value is -3.41.